The number of carboxylic acid groups (broad SMARTS) is 1. The van der Waals surface area contributed by atoms with Crippen molar-refractivity contribution in [3.8, 4) is 0 Å². The molecule has 0 fully saturated rings. The number of carbonyl (C=O) groups is 1. The van der Waals surface area contributed by atoms with Crippen LogP contribution in [0.15, 0.2) is 12.1 Å². The Bertz CT molecular complexity index is 515. The molecule has 0 aliphatic rings. The van der Waals surface area contributed by atoms with E-state index in [0.29, 0.717) is 0 Å². The number of aliphatic carboxylic acids is 1. The molecule has 0 aliphatic heterocycles. The number of nitrogens with zero attached hydrogens (tertiary/aromatic N) is 2. The highest BCUT2D eigenvalue weighted by Crippen LogP contribution is 2.36. The van der Waals surface area contributed by atoms with Gasteiger partial charge in [-0.2, -0.15) is 0 Å². The smallest absolute Gasteiger partial charge is 0.364 e. The Balaban J connectivity index is 3.43. The van der Waals surface area contributed by atoms with Crippen LogP contribution in [0.2, 0.25) is 5.02 Å². The molecule has 9 heteroatoms. The Labute approximate surface area is 98.7 Å². The van der Waals surface area contributed by atoms with Crippen molar-refractivity contribution < 1.29 is 19.7 Å². The summed E-state index contributed by atoms with van der Waals surface area (Å²) >= 11 is 5.59. The minimum Gasteiger partial charge on any atom is -0.481 e. The van der Waals surface area contributed by atoms with Crippen molar-refractivity contribution in [3.05, 3.63) is 42.9 Å². The lowest BCUT2D eigenvalue weighted by Crippen LogP contribution is -2.04. The summed E-state index contributed by atoms with van der Waals surface area (Å²) in [6.45, 7) is 0. The first-order valence-corrected chi connectivity index (χ1v) is 4.54. The van der Waals surface area contributed by atoms with Gasteiger partial charge in [0.2, 0.25) is 0 Å². The number of rotatable bonds is 4. The first kappa shape index (κ1) is 12.8. The standard InChI is InChI=1S/C8H5ClN2O6/c9-7-4(3-6(12)13)1-2-5(10(14)15)8(7)11(16)17/h1-2H,3H2,(H,12,13). The van der Waals surface area contributed by atoms with Crippen molar-refractivity contribution in [2.24, 2.45) is 0 Å². The third-order valence-corrected chi connectivity index (χ3v) is 2.32. The molecule has 90 valence electrons. The Morgan fingerprint density at radius 2 is 1.88 bits per heavy atom. The van der Waals surface area contributed by atoms with Crippen molar-refractivity contribution in [1.29, 1.82) is 0 Å². The Morgan fingerprint density at radius 3 is 2.29 bits per heavy atom. The van der Waals surface area contributed by atoms with Gasteiger partial charge in [0.25, 0.3) is 0 Å². The molecule has 0 heterocycles. The van der Waals surface area contributed by atoms with Crippen molar-refractivity contribution in [2.45, 2.75) is 6.42 Å². The van der Waals surface area contributed by atoms with E-state index in [1.807, 2.05) is 0 Å². The number of carboxylic acids is 1. The molecule has 0 saturated heterocycles. The summed E-state index contributed by atoms with van der Waals surface area (Å²) in [6.07, 6.45) is -0.544. The predicted molar refractivity (Wildman–Crippen MR) is 56.1 cm³/mol. The van der Waals surface area contributed by atoms with Gasteiger partial charge in [-0.25, -0.2) is 0 Å². The van der Waals surface area contributed by atoms with Crippen LogP contribution in [-0.2, 0) is 11.2 Å². The van der Waals surface area contributed by atoms with E-state index in [-0.39, 0.29) is 5.56 Å². The van der Waals surface area contributed by atoms with E-state index in [9.17, 15) is 25.0 Å². The van der Waals surface area contributed by atoms with Crippen LogP contribution in [0.1, 0.15) is 5.56 Å². The molecule has 8 nitrogen and oxygen atoms in total. The van der Waals surface area contributed by atoms with E-state index in [0.717, 1.165) is 12.1 Å². The number of nitro groups is 2. The Morgan fingerprint density at radius 1 is 1.29 bits per heavy atom. The van der Waals surface area contributed by atoms with Crippen molar-refractivity contribution in [1.82, 2.24) is 0 Å². The molecular weight excluding hydrogens is 256 g/mol. The van der Waals surface area contributed by atoms with Gasteiger partial charge in [0.15, 0.2) is 0 Å². The molecule has 0 saturated carbocycles. The van der Waals surface area contributed by atoms with Crippen molar-refractivity contribution >= 4 is 28.9 Å². The molecule has 0 spiro atoms. The summed E-state index contributed by atoms with van der Waals surface area (Å²) in [5.41, 5.74) is -1.71. The highest BCUT2D eigenvalue weighted by Gasteiger charge is 2.30. The second-order valence-corrected chi connectivity index (χ2v) is 3.37. The average molecular weight is 261 g/mol. The third kappa shape index (κ3) is 2.67. The zero-order chi connectivity index (χ0) is 13.2. The molecular formula is C8H5ClN2O6. The summed E-state index contributed by atoms with van der Waals surface area (Å²) in [5, 5.41) is 29.2. The molecule has 1 N–H and O–H groups in total. The van der Waals surface area contributed by atoms with Gasteiger partial charge in [-0.05, 0) is 11.6 Å². The van der Waals surface area contributed by atoms with Crippen LogP contribution >= 0.6 is 11.6 Å². The monoisotopic (exact) mass is 260 g/mol. The summed E-state index contributed by atoms with van der Waals surface area (Å²) < 4.78 is 0. The first-order valence-electron chi connectivity index (χ1n) is 4.16. The largest absolute Gasteiger partial charge is 0.481 e. The predicted octanol–water partition coefficient (Wildman–Crippen LogP) is 1.78. The fourth-order valence-electron chi connectivity index (χ4n) is 1.22. The fourth-order valence-corrected chi connectivity index (χ4v) is 1.51. The van der Waals surface area contributed by atoms with Gasteiger partial charge in [-0.1, -0.05) is 11.6 Å². The quantitative estimate of drug-likeness (QED) is 0.650. The van der Waals surface area contributed by atoms with Crippen LogP contribution in [-0.4, -0.2) is 20.9 Å². The van der Waals surface area contributed by atoms with Crippen LogP contribution in [0.5, 0.6) is 0 Å². The van der Waals surface area contributed by atoms with Gasteiger partial charge >= 0.3 is 17.3 Å². The lowest BCUT2D eigenvalue weighted by molar-refractivity contribution is -0.422. The van der Waals surface area contributed by atoms with E-state index in [1.54, 1.807) is 0 Å². The molecule has 1 aromatic rings. The minimum absolute atomic E-state index is 0.0449. The van der Waals surface area contributed by atoms with Crippen LogP contribution in [0.25, 0.3) is 0 Å². The van der Waals surface area contributed by atoms with Gasteiger partial charge in [-0.3, -0.25) is 25.0 Å². The van der Waals surface area contributed by atoms with E-state index >= 15 is 0 Å². The molecule has 0 aliphatic carbocycles. The van der Waals surface area contributed by atoms with Gasteiger partial charge in [0, 0.05) is 6.07 Å². The molecule has 0 amide bonds. The average Bonchev–Trinajstić information content (AvgIpc) is 2.19. The summed E-state index contributed by atoms with van der Waals surface area (Å²) in [5.74, 6) is -1.24. The topological polar surface area (TPSA) is 124 Å². The number of halogens is 1. The van der Waals surface area contributed by atoms with E-state index in [4.69, 9.17) is 16.7 Å². The number of benzene rings is 1. The molecule has 17 heavy (non-hydrogen) atoms. The zero-order valence-corrected chi connectivity index (χ0v) is 8.88. The highest BCUT2D eigenvalue weighted by atomic mass is 35.5. The van der Waals surface area contributed by atoms with Crippen LogP contribution < -0.4 is 0 Å². The molecule has 0 atom stereocenters. The Kier molecular flexibility index (Phi) is 3.59. The molecule has 0 bridgehead atoms. The van der Waals surface area contributed by atoms with E-state index in [1.165, 1.54) is 0 Å². The number of nitro benzene ring substituents is 2. The lowest BCUT2D eigenvalue weighted by Gasteiger charge is -2.02. The van der Waals surface area contributed by atoms with Gasteiger partial charge in [0.05, 0.1) is 16.3 Å². The van der Waals surface area contributed by atoms with Crippen LogP contribution in [0, 0.1) is 20.2 Å². The first-order chi connectivity index (χ1) is 7.84. The number of hydrogen-bond acceptors (Lipinski definition) is 5. The summed E-state index contributed by atoms with van der Waals surface area (Å²) in [4.78, 5) is 29.7. The Hall–Kier alpha value is -2.22. The highest BCUT2D eigenvalue weighted by molar-refractivity contribution is 6.34. The second-order valence-electron chi connectivity index (χ2n) is 2.99. The second kappa shape index (κ2) is 4.74. The van der Waals surface area contributed by atoms with Crippen molar-refractivity contribution in [2.75, 3.05) is 0 Å². The maximum atomic E-state index is 10.7. The van der Waals surface area contributed by atoms with Crippen LogP contribution in [0.3, 0.4) is 0 Å². The summed E-state index contributed by atoms with van der Waals surface area (Å²) in [6, 6.07) is 1.95. The molecule has 1 rings (SSSR count). The lowest BCUT2D eigenvalue weighted by atomic mass is 10.1. The maximum Gasteiger partial charge on any atom is 0.364 e. The SMILES string of the molecule is O=C(O)Cc1ccc([N+](=O)[O-])c([N+](=O)[O-])c1Cl. The van der Waals surface area contributed by atoms with Gasteiger partial charge in [-0.15, -0.1) is 0 Å². The van der Waals surface area contributed by atoms with E-state index in [2.05, 4.69) is 0 Å². The minimum atomic E-state index is -1.24. The molecule has 0 aromatic heterocycles. The van der Waals surface area contributed by atoms with Crippen LogP contribution in [0.4, 0.5) is 11.4 Å². The van der Waals surface area contributed by atoms with E-state index < -0.39 is 38.6 Å². The normalized spacial score (nSPS) is 9.94. The van der Waals surface area contributed by atoms with Gasteiger partial charge in [0.1, 0.15) is 5.02 Å². The molecule has 0 radical (unpaired) electrons. The zero-order valence-electron chi connectivity index (χ0n) is 8.12. The number of hydrogen-bond donors (Lipinski definition) is 1. The maximum absolute atomic E-state index is 10.7. The summed E-state index contributed by atoms with van der Waals surface area (Å²) in [7, 11) is 0. The van der Waals surface area contributed by atoms with Gasteiger partial charge < -0.3 is 5.11 Å². The molecule has 0 unspecified atom stereocenters. The van der Waals surface area contributed by atoms with Crippen molar-refractivity contribution in [3.63, 3.8) is 0 Å². The third-order valence-electron chi connectivity index (χ3n) is 1.90. The fraction of sp³-hybridized carbons (Fsp3) is 0.125. The molecule has 1 aromatic carbocycles.